The topological polar surface area (TPSA) is 76.0 Å². The first-order valence-corrected chi connectivity index (χ1v) is 11.2. The van der Waals surface area contributed by atoms with Crippen LogP contribution in [0, 0.1) is 40.4 Å². The Kier molecular flexibility index (Phi) is 4.28. The first-order valence-electron chi connectivity index (χ1n) is 11.2. The fourth-order valence-corrected chi connectivity index (χ4v) is 7.73. The predicted molar refractivity (Wildman–Crippen MR) is 107 cm³/mol. The van der Waals surface area contributed by atoms with Crippen molar-refractivity contribution in [3.05, 3.63) is 11.6 Å². The van der Waals surface area contributed by atoms with E-state index < -0.39 is 11.6 Å². The molecule has 4 aliphatic carbocycles. The summed E-state index contributed by atoms with van der Waals surface area (Å²) in [6.07, 6.45) is 9.90. The second-order valence-corrected chi connectivity index (χ2v) is 10.5. The van der Waals surface area contributed by atoms with Crippen LogP contribution >= 0.6 is 0 Å². The van der Waals surface area contributed by atoms with E-state index >= 15 is 0 Å². The number of hydrogen-bond donors (Lipinski definition) is 2. The summed E-state index contributed by atoms with van der Waals surface area (Å²) in [7, 11) is 0. The van der Waals surface area contributed by atoms with Gasteiger partial charge in [-0.15, -0.1) is 0 Å². The Hall–Kier alpha value is -1.35. The van der Waals surface area contributed by atoms with Crippen molar-refractivity contribution in [3.63, 3.8) is 0 Å². The predicted octanol–water partition coefficient (Wildman–Crippen LogP) is 3.51. The van der Waals surface area contributed by atoms with Crippen molar-refractivity contribution >= 4 is 5.97 Å². The molecule has 4 fully saturated rings. The first kappa shape index (κ1) is 19.6. The van der Waals surface area contributed by atoms with Crippen LogP contribution in [0.5, 0.6) is 0 Å². The average molecular weight is 401 g/mol. The maximum atomic E-state index is 11.3. The Morgan fingerprint density at radius 1 is 1.10 bits per heavy atom. The number of carboxylic acids is 1. The normalized spacial score (nSPS) is 47.4. The Bertz CT molecular complexity index is 815. The van der Waals surface area contributed by atoms with Gasteiger partial charge in [-0.25, -0.2) is 4.79 Å². The number of carbonyl (C=O) groups is 1. The van der Waals surface area contributed by atoms with E-state index in [0.717, 1.165) is 44.9 Å². The summed E-state index contributed by atoms with van der Waals surface area (Å²) in [5.41, 5.74) is 0.174. The van der Waals surface area contributed by atoms with Crippen molar-refractivity contribution in [3.8, 4) is 11.8 Å². The second-order valence-electron chi connectivity index (χ2n) is 10.5. The van der Waals surface area contributed by atoms with E-state index in [4.69, 9.17) is 14.6 Å². The summed E-state index contributed by atoms with van der Waals surface area (Å²) in [6.45, 7) is 5.99. The van der Waals surface area contributed by atoms with Gasteiger partial charge in [0.25, 0.3) is 0 Å². The lowest BCUT2D eigenvalue weighted by Gasteiger charge is -2.59. The van der Waals surface area contributed by atoms with Gasteiger partial charge in [-0.05, 0) is 61.7 Å². The van der Waals surface area contributed by atoms with Crippen LogP contribution in [0.4, 0.5) is 0 Å². The molecule has 1 spiro atoms. The number of rotatable bonds is 0. The molecule has 5 heteroatoms. The zero-order valence-electron chi connectivity index (χ0n) is 17.5. The van der Waals surface area contributed by atoms with Gasteiger partial charge in [-0.1, -0.05) is 31.4 Å². The minimum absolute atomic E-state index is 0.179. The molecule has 6 atom stereocenters. The highest BCUT2D eigenvalue weighted by Crippen LogP contribution is 2.67. The van der Waals surface area contributed by atoms with Gasteiger partial charge in [-0.3, -0.25) is 0 Å². The van der Waals surface area contributed by atoms with Crippen molar-refractivity contribution in [1.29, 1.82) is 0 Å². The standard InChI is InChI=1S/C24H32O5/c1-21-11-12-24(28-13-14-29-24)15-16(21)3-4-17-18(21)5-8-22(2)19(17)6-9-23(22,27)10-7-20(25)26/h3,17-19,27H,4-6,8-9,11-15H2,1-2H3,(H,25,26)/t17?,18?,19?,21-,22-,23+/m0/s1. The largest absolute Gasteiger partial charge is 0.472 e. The van der Waals surface area contributed by atoms with E-state index in [0.29, 0.717) is 37.4 Å². The van der Waals surface area contributed by atoms with Gasteiger partial charge < -0.3 is 19.7 Å². The highest BCUT2D eigenvalue weighted by Gasteiger charge is 2.64. The highest BCUT2D eigenvalue weighted by molar-refractivity contribution is 5.86. The first-order chi connectivity index (χ1) is 13.7. The number of aliphatic hydroxyl groups is 1. The molecule has 5 rings (SSSR count). The number of allylic oxidation sites excluding steroid dienone is 1. The van der Waals surface area contributed by atoms with Gasteiger partial charge in [0.05, 0.1) is 13.2 Å². The number of fused-ring (bicyclic) bond motifs is 5. The number of aliphatic carboxylic acids is 1. The molecule has 5 aliphatic rings. The molecule has 29 heavy (non-hydrogen) atoms. The van der Waals surface area contributed by atoms with E-state index in [1.165, 1.54) is 5.57 Å². The minimum atomic E-state index is -1.19. The fourth-order valence-electron chi connectivity index (χ4n) is 7.73. The molecule has 0 aromatic heterocycles. The van der Waals surface area contributed by atoms with Crippen molar-refractivity contribution < 1.29 is 24.5 Å². The van der Waals surface area contributed by atoms with E-state index in [1.54, 1.807) is 0 Å². The highest BCUT2D eigenvalue weighted by atomic mass is 16.7. The van der Waals surface area contributed by atoms with E-state index in [1.807, 2.05) is 0 Å². The number of ether oxygens (including phenoxy) is 2. The van der Waals surface area contributed by atoms with Crippen molar-refractivity contribution in [1.82, 2.24) is 0 Å². The quantitative estimate of drug-likeness (QED) is 0.481. The summed E-state index contributed by atoms with van der Waals surface area (Å²) < 4.78 is 12.0. The molecule has 0 aromatic rings. The fraction of sp³-hybridized carbons (Fsp3) is 0.792. The van der Waals surface area contributed by atoms with E-state index in [9.17, 15) is 9.90 Å². The van der Waals surface area contributed by atoms with Crippen LogP contribution < -0.4 is 0 Å². The zero-order chi connectivity index (χ0) is 20.5. The lowest BCUT2D eigenvalue weighted by atomic mass is 9.47. The Morgan fingerprint density at radius 2 is 1.83 bits per heavy atom. The number of carboxylic acid groups (broad SMARTS) is 1. The maximum Gasteiger partial charge on any atom is 0.382 e. The van der Waals surface area contributed by atoms with E-state index in [2.05, 4.69) is 31.8 Å². The molecule has 0 amide bonds. The third kappa shape index (κ3) is 2.69. The summed E-state index contributed by atoms with van der Waals surface area (Å²) in [5.74, 6) is 4.94. The molecule has 5 nitrogen and oxygen atoms in total. The van der Waals surface area contributed by atoms with Crippen LogP contribution in [0.1, 0.15) is 65.2 Å². The van der Waals surface area contributed by atoms with Crippen molar-refractivity contribution in [2.45, 2.75) is 76.6 Å². The Balaban J connectivity index is 1.44. The van der Waals surface area contributed by atoms with Crippen LogP contribution in [0.15, 0.2) is 11.6 Å². The second kappa shape index (κ2) is 6.33. The molecule has 0 aromatic carbocycles. The smallest absolute Gasteiger partial charge is 0.382 e. The maximum absolute atomic E-state index is 11.3. The van der Waals surface area contributed by atoms with Crippen LogP contribution in [0.25, 0.3) is 0 Å². The molecule has 0 radical (unpaired) electrons. The van der Waals surface area contributed by atoms with Gasteiger partial charge in [0.1, 0.15) is 5.60 Å². The van der Waals surface area contributed by atoms with Gasteiger partial charge in [0.2, 0.25) is 0 Å². The third-order valence-corrected chi connectivity index (χ3v) is 9.45. The van der Waals surface area contributed by atoms with Crippen molar-refractivity contribution in [2.75, 3.05) is 13.2 Å². The Labute approximate surface area is 172 Å². The third-order valence-electron chi connectivity index (χ3n) is 9.45. The van der Waals surface area contributed by atoms with Crippen LogP contribution in [0.3, 0.4) is 0 Å². The van der Waals surface area contributed by atoms with Gasteiger partial charge in [-0.2, -0.15) is 0 Å². The summed E-state index contributed by atoms with van der Waals surface area (Å²) in [6, 6.07) is 0. The van der Waals surface area contributed by atoms with Crippen LogP contribution in [-0.4, -0.2) is 40.8 Å². The van der Waals surface area contributed by atoms with Gasteiger partial charge in [0.15, 0.2) is 5.79 Å². The molecule has 1 heterocycles. The monoisotopic (exact) mass is 400 g/mol. The lowest BCUT2D eigenvalue weighted by Crippen LogP contribution is -2.55. The van der Waals surface area contributed by atoms with Crippen LogP contribution in [0.2, 0.25) is 0 Å². The average Bonchev–Trinajstić information content (AvgIpc) is 3.24. The molecule has 3 unspecified atom stereocenters. The molecule has 1 saturated heterocycles. The molecular weight excluding hydrogens is 368 g/mol. The minimum Gasteiger partial charge on any atom is -0.472 e. The SMILES string of the molecule is C[C@]12CCC3(CC1=CCC1C2CC[C@@]2(C)C1CC[C@@]2(O)C#CC(=O)O)OCCO3. The zero-order valence-corrected chi connectivity index (χ0v) is 17.5. The summed E-state index contributed by atoms with van der Waals surface area (Å²) in [5, 5.41) is 20.3. The molecule has 3 saturated carbocycles. The lowest BCUT2D eigenvalue weighted by molar-refractivity contribution is -0.186. The number of hydrogen-bond acceptors (Lipinski definition) is 4. The van der Waals surface area contributed by atoms with Gasteiger partial charge in [0, 0.05) is 24.2 Å². The van der Waals surface area contributed by atoms with Gasteiger partial charge >= 0.3 is 5.97 Å². The van der Waals surface area contributed by atoms with Crippen LogP contribution in [-0.2, 0) is 14.3 Å². The summed E-state index contributed by atoms with van der Waals surface area (Å²) >= 11 is 0. The Morgan fingerprint density at radius 3 is 2.55 bits per heavy atom. The molecule has 1 aliphatic heterocycles. The molecule has 0 bridgehead atoms. The molecule has 158 valence electrons. The molecular formula is C24H32O5. The van der Waals surface area contributed by atoms with Crippen molar-refractivity contribution in [2.24, 2.45) is 28.6 Å². The molecule has 2 N–H and O–H groups in total. The summed E-state index contributed by atoms with van der Waals surface area (Å²) in [4.78, 5) is 11.0. The van der Waals surface area contributed by atoms with E-state index in [-0.39, 0.29) is 16.6 Å².